The quantitative estimate of drug-likeness (QED) is 0.723. The van der Waals surface area contributed by atoms with Gasteiger partial charge in [-0.25, -0.2) is 0 Å². The maximum atomic E-state index is 5.93. The van der Waals surface area contributed by atoms with E-state index in [4.69, 9.17) is 5.73 Å². The van der Waals surface area contributed by atoms with Gasteiger partial charge >= 0.3 is 0 Å². The monoisotopic (exact) mass is 205 g/mol. The molecule has 84 valence electrons. The van der Waals surface area contributed by atoms with Gasteiger partial charge in [-0.15, -0.1) is 0 Å². The Morgan fingerprint density at radius 1 is 1.53 bits per heavy atom. The van der Waals surface area contributed by atoms with Crippen molar-refractivity contribution in [2.24, 2.45) is 11.1 Å². The highest BCUT2D eigenvalue weighted by Crippen LogP contribution is 2.36. The molecule has 1 nitrogen and oxygen atoms in total. The molecule has 0 saturated carbocycles. The average Bonchev–Trinajstić information content (AvgIpc) is 2.19. The van der Waals surface area contributed by atoms with Gasteiger partial charge in [-0.05, 0) is 25.7 Å². The van der Waals surface area contributed by atoms with Crippen molar-refractivity contribution in [3.05, 3.63) is 36.1 Å². The van der Waals surface area contributed by atoms with Gasteiger partial charge in [0, 0.05) is 11.1 Å². The molecular formula is C14H23N. The number of nitrogens with two attached hydrogens (primary N) is 1. The third-order valence-corrected chi connectivity index (χ3v) is 3.24. The minimum atomic E-state index is 0.0717. The number of hydrogen-bond donors (Lipinski definition) is 1. The molecular weight excluding hydrogens is 182 g/mol. The normalized spacial score (nSPS) is 19.5. The fraction of sp³-hybridized carbons (Fsp3) is 0.571. The van der Waals surface area contributed by atoms with Crippen LogP contribution in [0.3, 0.4) is 0 Å². The van der Waals surface area contributed by atoms with Crippen LogP contribution >= 0.6 is 0 Å². The van der Waals surface area contributed by atoms with Gasteiger partial charge in [0.15, 0.2) is 0 Å². The van der Waals surface area contributed by atoms with E-state index in [1.807, 2.05) is 0 Å². The van der Waals surface area contributed by atoms with Crippen LogP contribution in [0.5, 0.6) is 0 Å². The molecule has 1 unspecified atom stereocenters. The first-order valence-corrected chi connectivity index (χ1v) is 5.89. The van der Waals surface area contributed by atoms with Crippen LogP contribution in [0, 0.1) is 5.41 Å². The highest BCUT2D eigenvalue weighted by molar-refractivity contribution is 5.25. The van der Waals surface area contributed by atoms with Crippen molar-refractivity contribution in [3.63, 3.8) is 0 Å². The van der Waals surface area contributed by atoms with Crippen LogP contribution in [0.4, 0.5) is 0 Å². The van der Waals surface area contributed by atoms with Crippen molar-refractivity contribution in [1.29, 1.82) is 0 Å². The Bertz CT molecular complexity index is 286. The Hall–Kier alpha value is -0.980. The molecule has 1 atom stereocenters. The van der Waals surface area contributed by atoms with E-state index in [1.165, 1.54) is 18.4 Å². The van der Waals surface area contributed by atoms with Gasteiger partial charge < -0.3 is 5.73 Å². The molecule has 0 heterocycles. The molecule has 0 fully saturated rings. The summed E-state index contributed by atoms with van der Waals surface area (Å²) in [5, 5.41) is 0. The summed E-state index contributed by atoms with van der Waals surface area (Å²) in [4.78, 5) is 0. The second kappa shape index (κ2) is 5.20. The first kappa shape index (κ1) is 12.1. The van der Waals surface area contributed by atoms with Crippen molar-refractivity contribution >= 4 is 0 Å². The molecule has 1 aliphatic carbocycles. The molecule has 1 heteroatoms. The van der Waals surface area contributed by atoms with Gasteiger partial charge in [0.2, 0.25) is 0 Å². The van der Waals surface area contributed by atoms with Crippen LogP contribution in [0.1, 0.15) is 46.0 Å². The van der Waals surface area contributed by atoms with E-state index in [1.54, 1.807) is 0 Å². The van der Waals surface area contributed by atoms with Gasteiger partial charge in [-0.3, -0.25) is 0 Å². The van der Waals surface area contributed by atoms with E-state index >= 15 is 0 Å². The molecule has 0 aromatic carbocycles. The second-order valence-corrected chi connectivity index (χ2v) is 4.77. The first-order valence-electron chi connectivity index (χ1n) is 5.89. The Labute approximate surface area is 93.7 Å². The standard InChI is InChI=1S/C14H23N/c1-4-10-14(3,12(2)15)11-13-8-6-5-7-9-13/h6,8-9H,2,4-5,7,10-11,15H2,1,3H3. The smallest absolute Gasteiger partial charge is 0.0104 e. The second-order valence-electron chi connectivity index (χ2n) is 4.77. The molecule has 2 N–H and O–H groups in total. The van der Waals surface area contributed by atoms with Gasteiger partial charge in [0.1, 0.15) is 0 Å². The van der Waals surface area contributed by atoms with Crippen molar-refractivity contribution < 1.29 is 0 Å². The van der Waals surface area contributed by atoms with Crippen LogP contribution in [-0.2, 0) is 0 Å². The molecule has 0 radical (unpaired) electrons. The molecule has 15 heavy (non-hydrogen) atoms. The highest BCUT2D eigenvalue weighted by Gasteiger charge is 2.26. The summed E-state index contributed by atoms with van der Waals surface area (Å²) < 4.78 is 0. The molecule has 0 amide bonds. The summed E-state index contributed by atoms with van der Waals surface area (Å²) in [5.41, 5.74) is 8.24. The summed E-state index contributed by atoms with van der Waals surface area (Å²) in [6, 6.07) is 0. The molecule has 1 rings (SSSR count). The van der Waals surface area contributed by atoms with E-state index in [0.717, 1.165) is 25.0 Å². The number of rotatable bonds is 5. The van der Waals surface area contributed by atoms with Crippen LogP contribution in [0.2, 0.25) is 0 Å². The average molecular weight is 205 g/mol. The van der Waals surface area contributed by atoms with E-state index in [2.05, 4.69) is 38.7 Å². The molecule has 0 aliphatic heterocycles. The fourth-order valence-electron chi connectivity index (χ4n) is 2.16. The maximum Gasteiger partial charge on any atom is 0.0104 e. The zero-order valence-electron chi connectivity index (χ0n) is 10.1. The number of allylic oxidation sites excluding steroid dienone is 5. The van der Waals surface area contributed by atoms with Gasteiger partial charge in [0.05, 0.1) is 0 Å². The summed E-state index contributed by atoms with van der Waals surface area (Å²) >= 11 is 0. The van der Waals surface area contributed by atoms with E-state index in [9.17, 15) is 0 Å². The minimum Gasteiger partial charge on any atom is -0.402 e. The van der Waals surface area contributed by atoms with Crippen molar-refractivity contribution in [1.82, 2.24) is 0 Å². The highest BCUT2D eigenvalue weighted by atomic mass is 14.6. The molecule has 0 aromatic heterocycles. The van der Waals surface area contributed by atoms with Crippen molar-refractivity contribution in [2.45, 2.75) is 46.0 Å². The summed E-state index contributed by atoms with van der Waals surface area (Å²) in [6.45, 7) is 8.36. The minimum absolute atomic E-state index is 0.0717. The maximum absolute atomic E-state index is 5.93. The summed E-state index contributed by atoms with van der Waals surface area (Å²) in [6.07, 6.45) is 12.5. The van der Waals surface area contributed by atoms with Gasteiger partial charge in [0.25, 0.3) is 0 Å². The summed E-state index contributed by atoms with van der Waals surface area (Å²) in [5.74, 6) is 0. The molecule has 0 aromatic rings. The van der Waals surface area contributed by atoms with E-state index < -0.39 is 0 Å². The molecule has 0 spiro atoms. The van der Waals surface area contributed by atoms with Crippen LogP contribution in [-0.4, -0.2) is 0 Å². The van der Waals surface area contributed by atoms with E-state index in [-0.39, 0.29) is 5.41 Å². The first-order chi connectivity index (χ1) is 7.08. The zero-order chi connectivity index (χ0) is 11.3. The Kier molecular flexibility index (Phi) is 4.19. The Balaban J connectivity index is 2.70. The van der Waals surface area contributed by atoms with Crippen molar-refractivity contribution in [2.75, 3.05) is 0 Å². The number of hydrogen-bond acceptors (Lipinski definition) is 1. The molecule has 1 aliphatic rings. The van der Waals surface area contributed by atoms with Crippen LogP contribution in [0.25, 0.3) is 0 Å². The fourth-order valence-corrected chi connectivity index (χ4v) is 2.16. The Morgan fingerprint density at radius 3 is 2.73 bits per heavy atom. The predicted molar refractivity (Wildman–Crippen MR) is 67.4 cm³/mol. The third-order valence-electron chi connectivity index (χ3n) is 3.24. The third kappa shape index (κ3) is 3.26. The van der Waals surface area contributed by atoms with Crippen LogP contribution < -0.4 is 5.73 Å². The lowest BCUT2D eigenvalue weighted by Crippen LogP contribution is -2.24. The van der Waals surface area contributed by atoms with E-state index in [0.29, 0.717) is 0 Å². The summed E-state index contributed by atoms with van der Waals surface area (Å²) in [7, 11) is 0. The van der Waals surface area contributed by atoms with Gasteiger partial charge in [-0.1, -0.05) is 50.6 Å². The lowest BCUT2D eigenvalue weighted by molar-refractivity contribution is 0.356. The largest absolute Gasteiger partial charge is 0.402 e. The lowest BCUT2D eigenvalue weighted by atomic mass is 9.76. The predicted octanol–water partition coefficient (Wildman–Crippen LogP) is 3.93. The molecule has 0 saturated heterocycles. The zero-order valence-corrected chi connectivity index (χ0v) is 10.1. The van der Waals surface area contributed by atoms with Crippen LogP contribution in [0.15, 0.2) is 36.1 Å². The SMILES string of the molecule is C=C(N)C(C)(CCC)CC1=CCCC=C1. The topological polar surface area (TPSA) is 26.0 Å². The lowest BCUT2D eigenvalue weighted by Gasteiger charge is -2.30. The molecule has 0 bridgehead atoms. The van der Waals surface area contributed by atoms with Crippen molar-refractivity contribution in [3.8, 4) is 0 Å². The van der Waals surface area contributed by atoms with Gasteiger partial charge in [-0.2, -0.15) is 0 Å². The Morgan fingerprint density at radius 2 is 2.27 bits per heavy atom.